The van der Waals surface area contributed by atoms with Crippen LogP contribution in [0.2, 0.25) is 0 Å². The number of nitrogens with zero attached hydrogens (tertiary/aromatic N) is 6. The van der Waals surface area contributed by atoms with E-state index in [9.17, 15) is 18.5 Å². The Morgan fingerprint density at radius 3 is 2.94 bits per heavy atom. The van der Waals surface area contributed by atoms with Crippen molar-refractivity contribution in [3.8, 4) is 17.3 Å². The summed E-state index contributed by atoms with van der Waals surface area (Å²) in [5.41, 5.74) is 1.37. The Balaban J connectivity index is 1.53. The Hall–Kier alpha value is -3.30. The van der Waals surface area contributed by atoms with E-state index in [0.29, 0.717) is 11.3 Å². The molecule has 0 saturated carbocycles. The van der Waals surface area contributed by atoms with Crippen molar-refractivity contribution in [2.24, 2.45) is 0 Å². The van der Waals surface area contributed by atoms with Gasteiger partial charge in [0.2, 0.25) is 10.0 Å². The first kappa shape index (κ1) is 21.0. The number of fused-ring (bicyclic) bond motifs is 1. The van der Waals surface area contributed by atoms with Crippen molar-refractivity contribution in [2.75, 3.05) is 25.4 Å². The fourth-order valence-electron chi connectivity index (χ4n) is 3.67. The molecule has 1 fully saturated rings. The van der Waals surface area contributed by atoms with E-state index in [0.717, 1.165) is 10.9 Å². The lowest BCUT2D eigenvalue weighted by Gasteiger charge is -2.47. The van der Waals surface area contributed by atoms with E-state index < -0.39 is 21.5 Å². The van der Waals surface area contributed by atoms with Crippen LogP contribution in [0.5, 0.6) is 0 Å². The molecular weight excluding hydrogens is 422 g/mol. The van der Waals surface area contributed by atoms with E-state index in [2.05, 4.69) is 26.1 Å². The minimum absolute atomic E-state index is 0.0986. The van der Waals surface area contributed by atoms with Crippen molar-refractivity contribution >= 4 is 27.0 Å². The molecule has 0 radical (unpaired) electrons. The van der Waals surface area contributed by atoms with E-state index in [4.69, 9.17) is 4.74 Å². The van der Waals surface area contributed by atoms with Gasteiger partial charge in [0.1, 0.15) is 17.5 Å². The lowest BCUT2D eigenvalue weighted by Crippen LogP contribution is -2.64. The number of sulfonamides is 1. The van der Waals surface area contributed by atoms with Gasteiger partial charge in [-0.2, -0.15) is 14.7 Å². The molecule has 0 amide bonds. The molecule has 31 heavy (non-hydrogen) atoms. The predicted octanol–water partition coefficient (Wildman–Crippen LogP) is 1.03. The maximum Gasteiger partial charge on any atom is 0.306 e. The Labute approximate surface area is 178 Å². The molecule has 12 heteroatoms. The third-order valence-electron chi connectivity index (χ3n) is 5.31. The normalized spacial score (nSPS) is 16.0. The summed E-state index contributed by atoms with van der Waals surface area (Å²) >= 11 is 0. The van der Waals surface area contributed by atoms with Crippen LogP contribution in [0.25, 0.3) is 22.3 Å². The molecule has 4 rings (SSSR count). The number of hydrogen-bond donors (Lipinski definition) is 1. The maximum atomic E-state index is 12.6. The summed E-state index contributed by atoms with van der Waals surface area (Å²) in [6.07, 6.45) is 6.54. The van der Waals surface area contributed by atoms with E-state index in [1.54, 1.807) is 30.2 Å². The summed E-state index contributed by atoms with van der Waals surface area (Å²) in [5, 5.41) is 14.6. The number of esters is 1. The number of aromatic amines is 1. The van der Waals surface area contributed by atoms with E-state index in [1.165, 1.54) is 10.6 Å². The van der Waals surface area contributed by atoms with Gasteiger partial charge in [0, 0.05) is 36.4 Å². The molecule has 11 nitrogen and oxygen atoms in total. The second-order valence-corrected chi connectivity index (χ2v) is 9.42. The first-order valence-corrected chi connectivity index (χ1v) is 11.3. The van der Waals surface area contributed by atoms with Crippen LogP contribution in [-0.2, 0) is 25.1 Å². The quantitative estimate of drug-likeness (QED) is 0.508. The molecule has 1 aliphatic heterocycles. The highest BCUT2D eigenvalue weighted by atomic mass is 32.2. The highest BCUT2D eigenvalue weighted by Gasteiger charge is 2.50. The predicted molar refractivity (Wildman–Crippen MR) is 110 cm³/mol. The molecule has 1 aliphatic rings. The van der Waals surface area contributed by atoms with Gasteiger partial charge in [0.05, 0.1) is 43.2 Å². The topological polar surface area (TPSA) is 147 Å². The molecule has 162 valence electrons. The number of nitrogens with one attached hydrogen (secondary N) is 1. The summed E-state index contributed by atoms with van der Waals surface area (Å²) in [6.45, 7) is 2.09. The fourth-order valence-corrected chi connectivity index (χ4v) is 5.23. The largest absolute Gasteiger partial charge is 0.466 e. The summed E-state index contributed by atoms with van der Waals surface area (Å²) in [5.74, 6) is -0.877. The molecule has 3 aromatic heterocycles. The van der Waals surface area contributed by atoms with Crippen LogP contribution in [0.15, 0.2) is 31.0 Å². The molecule has 1 N–H and O–H groups in total. The second-order valence-electron chi connectivity index (χ2n) is 7.33. The van der Waals surface area contributed by atoms with Gasteiger partial charge in [-0.15, -0.1) is 0 Å². The molecule has 1 saturated heterocycles. The molecule has 0 unspecified atom stereocenters. The third kappa shape index (κ3) is 3.89. The van der Waals surface area contributed by atoms with Crippen molar-refractivity contribution in [1.82, 2.24) is 29.0 Å². The van der Waals surface area contributed by atoms with Crippen molar-refractivity contribution < 1.29 is 17.9 Å². The van der Waals surface area contributed by atoms with Gasteiger partial charge in [-0.25, -0.2) is 18.4 Å². The van der Waals surface area contributed by atoms with Crippen LogP contribution in [0.4, 0.5) is 0 Å². The first-order valence-electron chi connectivity index (χ1n) is 9.72. The highest BCUT2D eigenvalue weighted by molar-refractivity contribution is 7.89. The Morgan fingerprint density at radius 1 is 1.39 bits per heavy atom. The van der Waals surface area contributed by atoms with Gasteiger partial charge in [-0.3, -0.25) is 9.48 Å². The number of nitriles is 1. The zero-order valence-corrected chi connectivity index (χ0v) is 17.7. The monoisotopic (exact) mass is 443 g/mol. The number of carbonyl (C=O) groups excluding carboxylic acids is 1. The molecule has 4 heterocycles. The van der Waals surface area contributed by atoms with Crippen molar-refractivity contribution in [1.29, 1.82) is 5.26 Å². The minimum atomic E-state index is -3.64. The van der Waals surface area contributed by atoms with Gasteiger partial charge in [-0.1, -0.05) is 0 Å². The summed E-state index contributed by atoms with van der Waals surface area (Å²) in [7, 11) is -3.64. The molecule has 0 bridgehead atoms. The zero-order valence-electron chi connectivity index (χ0n) is 16.9. The van der Waals surface area contributed by atoms with Gasteiger partial charge in [-0.05, 0) is 13.0 Å². The number of hydrogen-bond acceptors (Lipinski definition) is 8. The number of ether oxygens (including phenoxy) is 1. The summed E-state index contributed by atoms with van der Waals surface area (Å²) in [4.78, 5) is 23.1. The lowest BCUT2D eigenvalue weighted by atomic mass is 9.89. The molecule has 3 aromatic rings. The fraction of sp³-hybridized carbons (Fsp3) is 0.421. The third-order valence-corrected chi connectivity index (χ3v) is 7.07. The minimum Gasteiger partial charge on any atom is -0.466 e. The van der Waals surface area contributed by atoms with Crippen LogP contribution in [0, 0.1) is 11.3 Å². The average Bonchev–Trinajstić information content (AvgIpc) is 3.38. The van der Waals surface area contributed by atoms with E-state index in [-0.39, 0.29) is 38.3 Å². The van der Waals surface area contributed by atoms with Gasteiger partial charge < -0.3 is 9.72 Å². The van der Waals surface area contributed by atoms with Crippen LogP contribution in [-0.4, -0.2) is 68.9 Å². The summed E-state index contributed by atoms with van der Waals surface area (Å²) < 4.78 is 32.9. The smallest absolute Gasteiger partial charge is 0.306 e. The van der Waals surface area contributed by atoms with Gasteiger partial charge in [0.25, 0.3) is 0 Å². The maximum absolute atomic E-state index is 12.6. The molecule has 0 spiro atoms. The number of carbonyl (C=O) groups is 1. The van der Waals surface area contributed by atoms with Gasteiger partial charge in [0.15, 0.2) is 0 Å². The van der Waals surface area contributed by atoms with Crippen LogP contribution in [0.1, 0.15) is 19.8 Å². The Morgan fingerprint density at radius 2 is 2.19 bits per heavy atom. The zero-order chi connectivity index (χ0) is 22.1. The molecule has 0 aliphatic carbocycles. The molecule has 0 aromatic carbocycles. The Bertz CT molecular complexity index is 1250. The van der Waals surface area contributed by atoms with Crippen LogP contribution < -0.4 is 0 Å². The van der Waals surface area contributed by atoms with Crippen molar-refractivity contribution in [3.05, 3.63) is 31.0 Å². The van der Waals surface area contributed by atoms with Crippen LogP contribution >= 0.6 is 0 Å². The van der Waals surface area contributed by atoms with Crippen molar-refractivity contribution in [3.63, 3.8) is 0 Å². The van der Waals surface area contributed by atoms with E-state index in [1.807, 2.05) is 6.07 Å². The molecular formula is C19H21N7O4S. The number of rotatable bonds is 8. The number of H-pyrrole nitrogens is 1. The van der Waals surface area contributed by atoms with Gasteiger partial charge >= 0.3 is 5.97 Å². The van der Waals surface area contributed by atoms with Crippen LogP contribution in [0.3, 0.4) is 0 Å². The first-order chi connectivity index (χ1) is 14.9. The van der Waals surface area contributed by atoms with Crippen molar-refractivity contribution in [2.45, 2.75) is 25.3 Å². The lowest BCUT2D eigenvalue weighted by molar-refractivity contribution is -0.142. The highest BCUT2D eigenvalue weighted by Crippen LogP contribution is 2.36. The average molecular weight is 443 g/mol. The standard InChI is InChI=1S/C19H21N7O4S/c1-2-30-16(27)4-8-31(28,29)25-11-19(12-25,5-6-20)26-10-14(9-24-26)17-15-3-7-21-18(15)23-13-22-17/h3,7,9-10,13H,2,4-5,8,11-12H2,1H3,(H,21,22,23). The number of aromatic nitrogens is 5. The van der Waals surface area contributed by atoms with E-state index >= 15 is 0 Å². The Kier molecular flexibility index (Phi) is 5.47. The SMILES string of the molecule is CCOC(=O)CCS(=O)(=O)N1CC(CC#N)(n2cc(-c3ncnc4[nH]ccc34)cn2)C1. The molecule has 0 atom stereocenters. The summed E-state index contributed by atoms with van der Waals surface area (Å²) in [6, 6.07) is 4.00. The second kappa shape index (κ2) is 8.09.